The number of rotatable bonds is 3. The molecule has 2 amide bonds. The van der Waals surface area contributed by atoms with E-state index >= 15 is 0 Å². The number of carbonyl (C=O) groups is 2. The van der Waals surface area contributed by atoms with Crippen molar-refractivity contribution in [2.45, 2.75) is 32.8 Å². The Morgan fingerprint density at radius 1 is 1.19 bits per heavy atom. The molecule has 142 valence electrons. The highest BCUT2D eigenvalue weighted by Crippen LogP contribution is 2.24. The van der Waals surface area contributed by atoms with Gasteiger partial charge >= 0.3 is 11.1 Å². The molecule has 1 saturated heterocycles. The molecular formula is C17H23N3O5S. The van der Waals surface area contributed by atoms with Crippen LogP contribution in [0.15, 0.2) is 18.2 Å². The fourth-order valence-electron chi connectivity index (χ4n) is 2.44. The minimum Gasteiger partial charge on any atom is -0.444 e. The summed E-state index contributed by atoms with van der Waals surface area (Å²) in [6, 6.07) is 3.03. The lowest BCUT2D eigenvalue weighted by molar-refractivity contribution is -0.380. The third kappa shape index (κ3) is 5.83. The molecule has 8 nitrogen and oxygen atoms in total. The van der Waals surface area contributed by atoms with Gasteiger partial charge in [0.15, 0.2) is 0 Å². The molecule has 2 heterocycles. The zero-order valence-electron chi connectivity index (χ0n) is 15.1. The maximum Gasteiger partial charge on any atom is 0.410 e. The lowest BCUT2D eigenvalue weighted by Crippen LogP contribution is -2.39. The van der Waals surface area contributed by atoms with E-state index in [0.717, 1.165) is 11.3 Å². The van der Waals surface area contributed by atoms with Gasteiger partial charge in [-0.15, -0.1) is 0 Å². The molecule has 0 spiro atoms. The zero-order valence-corrected chi connectivity index (χ0v) is 16.0. The summed E-state index contributed by atoms with van der Waals surface area (Å²) in [7, 11) is 0. The lowest BCUT2D eigenvalue weighted by atomic mass is 10.2. The number of carbonyl (C=O) groups excluding carboxylic acids is 2. The van der Waals surface area contributed by atoms with Gasteiger partial charge in [0, 0.05) is 43.2 Å². The van der Waals surface area contributed by atoms with Crippen LogP contribution in [0.3, 0.4) is 0 Å². The number of nitrogens with zero attached hydrogens (tertiary/aromatic N) is 3. The summed E-state index contributed by atoms with van der Waals surface area (Å²) in [4.78, 5) is 38.7. The van der Waals surface area contributed by atoms with E-state index in [0.29, 0.717) is 37.5 Å². The summed E-state index contributed by atoms with van der Waals surface area (Å²) in [5.74, 6) is -0.174. The molecule has 0 atom stereocenters. The molecule has 1 aliphatic rings. The topological polar surface area (TPSA) is 93.0 Å². The van der Waals surface area contributed by atoms with E-state index in [1.165, 1.54) is 12.1 Å². The quantitative estimate of drug-likeness (QED) is 0.455. The zero-order chi connectivity index (χ0) is 19.3. The fraction of sp³-hybridized carbons (Fsp3) is 0.529. The largest absolute Gasteiger partial charge is 0.444 e. The molecule has 0 radical (unpaired) electrons. The average molecular weight is 381 g/mol. The van der Waals surface area contributed by atoms with Crippen LogP contribution < -0.4 is 0 Å². The van der Waals surface area contributed by atoms with Gasteiger partial charge in [-0.1, -0.05) is 11.3 Å². The van der Waals surface area contributed by atoms with Gasteiger partial charge in [-0.2, -0.15) is 0 Å². The molecule has 1 aromatic heterocycles. The average Bonchev–Trinajstić information content (AvgIpc) is 2.87. The molecule has 2 rings (SSSR count). The lowest BCUT2D eigenvalue weighted by Gasteiger charge is -2.26. The normalized spacial score (nSPS) is 15.8. The number of hydrogen-bond acceptors (Lipinski definition) is 6. The van der Waals surface area contributed by atoms with Crippen LogP contribution in [-0.2, 0) is 9.53 Å². The van der Waals surface area contributed by atoms with Crippen LogP contribution in [0.2, 0.25) is 0 Å². The van der Waals surface area contributed by atoms with Gasteiger partial charge in [-0.05, 0) is 39.3 Å². The van der Waals surface area contributed by atoms with E-state index < -0.39 is 10.5 Å². The Balaban J connectivity index is 1.91. The highest BCUT2D eigenvalue weighted by atomic mass is 32.1. The van der Waals surface area contributed by atoms with E-state index in [-0.39, 0.29) is 17.0 Å². The van der Waals surface area contributed by atoms with Crippen LogP contribution in [0.1, 0.15) is 32.1 Å². The van der Waals surface area contributed by atoms with E-state index in [1.807, 2.05) is 20.8 Å². The van der Waals surface area contributed by atoms with Crippen molar-refractivity contribution in [2.75, 3.05) is 26.2 Å². The second-order valence-corrected chi connectivity index (χ2v) is 8.01. The van der Waals surface area contributed by atoms with Crippen LogP contribution >= 0.6 is 11.3 Å². The number of thiophene rings is 1. The Labute approximate surface area is 156 Å². The van der Waals surface area contributed by atoms with Crippen molar-refractivity contribution in [3.05, 3.63) is 33.2 Å². The second-order valence-electron chi connectivity index (χ2n) is 6.91. The van der Waals surface area contributed by atoms with Gasteiger partial charge in [-0.3, -0.25) is 14.9 Å². The summed E-state index contributed by atoms with van der Waals surface area (Å²) in [6.45, 7) is 7.38. The summed E-state index contributed by atoms with van der Waals surface area (Å²) >= 11 is 1.02. The number of amides is 2. The molecule has 0 aliphatic carbocycles. The fourth-order valence-corrected chi connectivity index (χ4v) is 3.16. The van der Waals surface area contributed by atoms with Crippen molar-refractivity contribution in [1.29, 1.82) is 0 Å². The van der Waals surface area contributed by atoms with Crippen molar-refractivity contribution in [1.82, 2.24) is 9.80 Å². The monoisotopic (exact) mass is 381 g/mol. The minimum absolute atomic E-state index is 0.0416. The van der Waals surface area contributed by atoms with Gasteiger partial charge < -0.3 is 14.5 Å². The van der Waals surface area contributed by atoms with Crippen molar-refractivity contribution in [3.8, 4) is 0 Å². The maximum atomic E-state index is 12.3. The van der Waals surface area contributed by atoms with Gasteiger partial charge in [0.2, 0.25) is 5.91 Å². The predicted octanol–water partition coefficient (Wildman–Crippen LogP) is 3.14. The van der Waals surface area contributed by atoms with E-state index in [2.05, 4.69) is 0 Å². The number of hydrogen-bond donors (Lipinski definition) is 0. The Morgan fingerprint density at radius 2 is 1.85 bits per heavy atom. The highest BCUT2D eigenvalue weighted by Gasteiger charge is 2.25. The first-order valence-corrected chi connectivity index (χ1v) is 9.16. The summed E-state index contributed by atoms with van der Waals surface area (Å²) in [5, 5.41) is 10.7. The smallest absolute Gasteiger partial charge is 0.410 e. The molecule has 0 bridgehead atoms. The van der Waals surface area contributed by atoms with Crippen LogP contribution in [-0.4, -0.2) is 58.5 Å². The third-order valence-corrected chi connectivity index (χ3v) is 4.64. The van der Waals surface area contributed by atoms with Gasteiger partial charge in [0.1, 0.15) is 5.60 Å². The van der Waals surface area contributed by atoms with E-state index in [1.54, 1.807) is 21.9 Å². The maximum absolute atomic E-state index is 12.3. The first kappa shape index (κ1) is 19.9. The van der Waals surface area contributed by atoms with Crippen molar-refractivity contribution >= 4 is 34.4 Å². The van der Waals surface area contributed by atoms with Crippen LogP contribution in [0.5, 0.6) is 0 Å². The highest BCUT2D eigenvalue weighted by molar-refractivity contribution is 7.16. The van der Waals surface area contributed by atoms with Crippen LogP contribution in [0, 0.1) is 10.1 Å². The standard InChI is InChI=1S/C17H23N3O5S/c1-17(2,3)25-16(22)19-10-4-9-18(11-12-19)14(21)7-5-13-6-8-15(26-13)20(23)24/h5-8H,4,9-12H2,1-3H3/b7-5+. The molecule has 0 N–H and O–H groups in total. The molecule has 26 heavy (non-hydrogen) atoms. The second kappa shape index (κ2) is 8.31. The molecule has 1 aliphatic heterocycles. The predicted molar refractivity (Wildman–Crippen MR) is 99.0 cm³/mol. The number of nitro groups is 1. The Morgan fingerprint density at radius 3 is 2.46 bits per heavy atom. The Hall–Kier alpha value is -2.42. The summed E-state index contributed by atoms with van der Waals surface area (Å²) in [6.07, 6.45) is 3.30. The van der Waals surface area contributed by atoms with Crippen molar-refractivity contribution in [3.63, 3.8) is 0 Å². The summed E-state index contributed by atoms with van der Waals surface area (Å²) in [5.41, 5.74) is -0.551. The molecular weight excluding hydrogens is 358 g/mol. The Bertz CT molecular complexity index is 707. The molecule has 0 saturated carbocycles. The van der Waals surface area contributed by atoms with Crippen molar-refractivity contribution in [2.24, 2.45) is 0 Å². The van der Waals surface area contributed by atoms with E-state index in [9.17, 15) is 19.7 Å². The van der Waals surface area contributed by atoms with E-state index in [4.69, 9.17) is 4.74 Å². The molecule has 9 heteroatoms. The van der Waals surface area contributed by atoms with Crippen LogP contribution in [0.4, 0.5) is 9.80 Å². The third-order valence-electron chi connectivity index (χ3n) is 3.64. The van der Waals surface area contributed by atoms with Crippen LogP contribution in [0.25, 0.3) is 6.08 Å². The van der Waals surface area contributed by atoms with Gasteiger partial charge in [0.05, 0.1) is 4.92 Å². The van der Waals surface area contributed by atoms with Gasteiger partial charge in [0.25, 0.3) is 0 Å². The first-order chi connectivity index (χ1) is 12.2. The SMILES string of the molecule is CC(C)(C)OC(=O)N1CCCN(C(=O)/C=C/c2ccc([N+](=O)[O-])s2)CC1. The summed E-state index contributed by atoms with van der Waals surface area (Å²) < 4.78 is 5.37. The van der Waals surface area contributed by atoms with Gasteiger partial charge in [-0.25, -0.2) is 4.79 Å². The molecule has 0 aromatic carbocycles. The first-order valence-electron chi connectivity index (χ1n) is 8.35. The molecule has 1 fully saturated rings. The molecule has 1 aromatic rings. The van der Waals surface area contributed by atoms with Crippen molar-refractivity contribution < 1.29 is 19.2 Å². The molecule has 0 unspecified atom stereocenters. The number of ether oxygens (including phenoxy) is 1. The minimum atomic E-state index is -0.551. The Kier molecular flexibility index (Phi) is 6.36.